The maximum Gasteiger partial charge on any atom is 0.304 e. The van der Waals surface area contributed by atoms with Gasteiger partial charge in [-0.15, -0.1) is 0 Å². The summed E-state index contributed by atoms with van der Waals surface area (Å²) in [6, 6.07) is 8.40. The molecule has 94 valence electrons. The van der Waals surface area contributed by atoms with Crippen molar-refractivity contribution < 1.29 is 18.3 Å². The number of nitrogens with zero attached hydrogens (tertiary/aromatic N) is 1. The Labute approximate surface area is 100 Å². The van der Waals surface area contributed by atoms with Crippen LogP contribution in [-0.4, -0.2) is 37.4 Å². The number of carboxylic acid groups (broad SMARTS) is 1. The Morgan fingerprint density at radius 1 is 1.35 bits per heavy atom. The quantitative estimate of drug-likeness (QED) is 0.788. The predicted octanol–water partition coefficient (Wildman–Crippen LogP) is 0.750. The molecule has 6 nitrogen and oxygen atoms in total. The van der Waals surface area contributed by atoms with E-state index < -0.39 is 16.2 Å². The predicted molar refractivity (Wildman–Crippen MR) is 63.9 cm³/mol. The molecule has 2 N–H and O–H groups in total. The standard InChI is InChI=1S/C10H14N2O4S/c1-12(8-7-10(13)14)17(15,16)11-9-5-3-2-4-6-9/h2-6,11H,7-8H2,1H3,(H,13,14). The Morgan fingerprint density at radius 3 is 2.47 bits per heavy atom. The normalized spacial score (nSPS) is 11.4. The molecule has 0 aliphatic carbocycles. The fourth-order valence-corrected chi connectivity index (χ4v) is 2.03. The van der Waals surface area contributed by atoms with E-state index in [0.717, 1.165) is 4.31 Å². The molecule has 0 aliphatic heterocycles. The van der Waals surface area contributed by atoms with Gasteiger partial charge in [-0.3, -0.25) is 9.52 Å². The van der Waals surface area contributed by atoms with E-state index >= 15 is 0 Å². The number of carbonyl (C=O) groups is 1. The molecule has 0 bridgehead atoms. The van der Waals surface area contributed by atoms with Crippen LogP contribution in [0.4, 0.5) is 5.69 Å². The van der Waals surface area contributed by atoms with Crippen LogP contribution >= 0.6 is 0 Å². The van der Waals surface area contributed by atoms with E-state index in [9.17, 15) is 13.2 Å². The molecular weight excluding hydrogens is 244 g/mol. The van der Waals surface area contributed by atoms with Crippen LogP contribution in [0.25, 0.3) is 0 Å². The number of anilines is 1. The van der Waals surface area contributed by atoms with Gasteiger partial charge in [0.05, 0.1) is 6.42 Å². The molecule has 0 spiro atoms. The molecule has 0 amide bonds. The Balaban J connectivity index is 2.65. The van der Waals surface area contributed by atoms with Crippen LogP contribution in [0.2, 0.25) is 0 Å². The van der Waals surface area contributed by atoms with Crippen molar-refractivity contribution in [2.24, 2.45) is 0 Å². The summed E-state index contributed by atoms with van der Waals surface area (Å²) in [5, 5.41) is 8.48. The van der Waals surface area contributed by atoms with Gasteiger partial charge in [0.25, 0.3) is 0 Å². The fourth-order valence-electron chi connectivity index (χ4n) is 1.11. The van der Waals surface area contributed by atoms with Gasteiger partial charge in [0, 0.05) is 19.3 Å². The Bertz CT molecular complexity index is 472. The van der Waals surface area contributed by atoms with Gasteiger partial charge >= 0.3 is 16.2 Å². The van der Waals surface area contributed by atoms with E-state index in [2.05, 4.69) is 4.72 Å². The molecule has 0 unspecified atom stereocenters. The van der Waals surface area contributed by atoms with Gasteiger partial charge in [-0.05, 0) is 12.1 Å². The second-order valence-corrected chi connectivity index (χ2v) is 5.22. The third-order valence-electron chi connectivity index (χ3n) is 2.07. The van der Waals surface area contributed by atoms with Crippen LogP contribution in [0.3, 0.4) is 0 Å². The minimum atomic E-state index is -3.69. The molecule has 0 aromatic heterocycles. The minimum Gasteiger partial charge on any atom is -0.481 e. The number of hydrogen-bond donors (Lipinski definition) is 2. The van der Waals surface area contributed by atoms with Gasteiger partial charge in [-0.2, -0.15) is 12.7 Å². The van der Waals surface area contributed by atoms with Gasteiger partial charge in [0.2, 0.25) is 0 Å². The first-order valence-corrected chi connectivity index (χ1v) is 6.37. The Kier molecular flexibility index (Phi) is 4.47. The topological polar surface area (TPSA) is 86.7 Å². The molecule has 0 radical (unpaired) electrons. The van der Waals surface area contributed by atoms with E-state index in [-0.39, 0.29) is 13.0 Å². The van der Waals surface area contributed by atoms with E-state index in [0.29, 0.717) is 5.69 Å². The molecule has 1 aromatic rings. The zero-order valence-electron chi connectivity index (χ0n) is 9.33. The summed E-state index contributed by atoms with van der Waals surface area (Å²) >= 11 is 0. The summed E-state index contributed by atoms with van der Waals surface area (Å²) in [4.78, 5) is 10.3. The average molecular weight is 258 g/mol. The number of nitrogens with one attached hydrogen (secondary N) is 1. The highest BCUT2D eigenvalue weighted by Crippen LogP contribution is 2.09. The highest BCUT2D eigenvalue weighted by Gasteiger charge is 2.17. The summed E-state index contributed by atoms with van der Waals surface area (Å²) in [5.74, 6) is -1.04. The molecule has 0 heterocycles. The molecule has 1 aromatic carbocycles. The van der Waals surface area contributed by atoms with Gasteiger partial charge < -0.3 is 5.11 Å². The third kappa shape index (κ3) is 4.41. The van der Waals surface area contributed by atoms with Crippen molar-refractivity contribution in [3.63, 3.8) is 0 Å². The summed E-state index contributed by atoms with van der Waals surface area (Å²) in [6.45, 7) is -0.0719. The van der Waals surface area contributed by atoms with E-state index in [1.165, 1.54) is 7.05 Å². The number of para-hydroxylation sites is 1. The first-order chi connectivity index (χ1) is 7.92. The van der Waals surface area contributed by atoms with Crippen molar-refractivity contribution in [1.82, 2.24) is 4.31 Å². The lowest BCUT2D eigenvalue weighted by molar-refractivity contribution is -0.137. The zero-order chi connectivity index (χ0) is 12.9. The van der Waals surface area contributed by atoms with Gasteiger partial charge in [-0.25, -0.2) is 0 Å². The molecule has 1 rings (SSSR count). The van der Waals surface area contributed by atoms with Crippen LogP contribution in [0.5, 0.6) is 0 Å². The first kappa shape index (κ1) is 13.5. The molecule has 7 heteroatoms. The van der Waals surface area contributed by atoms with Gasteiger partial charge in [0.15, 0.2) is 0 Å². The van der Waals surface area contributed by atoms with Crippen LogP contribution in [0, 0.1) is 0 Å². The van der Waals surface area contributed by atoms with E-state index in [1.54, 1.807) is 30.3 Å². The van der Waals surface area contributed by atoms with E-state index in [1.807, 2.05) is 0 Å². The van der Waals surface area contributed by atoms with Crippen molar-refractivity contribution in [3.8, 4) is 0 Å². The van der Waals surface area contributed by atoms with Crippen LogP contribution in [0.1, 0.15) is 6.42 Å². The summed E-state index contributed by atoms with van der Waals surface area (Å²) in [6.07, 6.45) is -0.230. The summed E-state index contributed by atoms with van der Waals surface area (Å²) in [5.41, 5.74) is 0.440. The molecule has 0 aliphatic rings. The molecule has 0 saturated heterocycles. The molecular formula is C10H14N2O4S. The maximum absolute atomic E-state index is 11.7. The van der Waals surface area contributed by atoms with Crippen molar-refractivity contribution in [3.05, 3.63) is 30.3 Å². The SMILES string of the molecule is CN(CCC(=O)O)S(=O)(=O)Nc1ccccc1. The highest BCUT2D eigenvalue weighted by molar-refractivity contribution is 7.90. The number of benzene rings is 1. The lowest BCUT2D eigenvalue weighted by atomic mass is 10.3. The second kappa shape index (κ2) is 5.65. The van der Waals surface area contributed by atoms with E-state index in [4.69, 9.17) is 5.11 Å². The molecule has 0 saturated carbocycles. The highest BCUT2D eigenvalue weighted by atomic mass is 32.2. The lowest BCUT2D eigenvalue weighted by Gasteiger charge is -2.17. The van der Waals surface area contributed by atoms with Crippen LogP contribution in [0.15, 0.2) is 30.3 Å². The van der Waals surface area contributed by atoms with Crippen LogP contribution < -0.4 is 4.72 Å². The number of hydrogen-bond acceptors (Lipinski definition) is 3. The number of rotatable bonds is 6. The second-order valence-electron chi connectivity index (χ2n) is 3.44. The Hall–Kier alpha value is -1.60. The molecule has 0 atom stereocenters. The first-order valence-electron chi connectivity index (χ1n) is 4.93. The minimum absolute atomic E-state index is 0.0719. The third-order valence-corrected chi connectivity index (χ3v) is 3.57. The number of carboxylic acids is 1. The van der Waals surface area contributed by atoms with Gasteiger partial charge in [0.1, 0.15) is 0 Å². The summed E-state index contributed by atoms with van der Waals surface area (Å²) in [7, 11) is -2.36. The largest absolute Gasteiger partial charge is 0.481 e. The fraction of sp³-hybridized carbons (Fsp3) is 0.300. The summed E-state index contributed by atoms with van der Waals surface area (Å²) < 4.78 is 26.8. The van der Waals surface area contributed by atoms with Crippen LogP contribution in [-0.2, 0) is 15.0 Å². The van der Waals surface area contributed by atoms with Gasteiger partial charge in [-0.1, -0.05) is 18.2 Å². The van der Waals surface area contributed by atoms with Crippen molar-refractivity contribution in [2.45, 2.75) is 6.42 Å². The van der Waals surface area contributed by atoms with Crippen molar-refractivity contribution >= 4 is 21.9 Å². The smallest absolute Gasteiger partial charge is 0.304 e. The molecule has 17 heavy (non-hydrogen) atoms. The Morgan fingerprint density at radius 2 is 1.94 bits per heavy atom. The monoisotopic (exact) mass is 258 g/mol. The average Bonchev–Trinajstić information content (AvgIpc) is 2.26. The zero-order valence-corrected chi connectivity index (χ0v) is 10.1. The van der Waals surface area contributed by atoms with Crippen molar-refractivity contribution in [1.29, 1.82) is 0 Å². The number of aliphatic carboxylic acids is 1. The maximum atomic E-state index is 11.7. The lowest BCUT2D eigenvalue weighted by Crippen LogP contribution is -2.34. The van der Waals surface area contributed by atoms with Crippen molar-refractivity contribution in [2.75, 3.05) is 18.3 Å². The molecule has 0 fully saturated rings.